The van der Waals surface area contributed by atoms with Crippen molar-refractivity contribution < 1.29 is 5.11 Å². The standard InChI is InChI=1S/C12H15N3OS/c1-7-11(8(2)16)5-13-12(14-7)4-10-6-17-9(3)15-10/h5-6,8,16H,4H2,1-3H3/t8-/m0/s1. The average Bonchev–Trinajstić information content (AvgIpc) is 2.63. The van der Waals surface area contributed by atoms with Crippen molar-refractivity contribution in [1.82, 2.24) is 15.0 Å². The predicted octanol–water partition coefficient (Wildman–Crippen LogP) is 2.19. The Bertz CT molecular complexity index is 522. The number of aryl methyl sites for hydroxylation is 2. The molecule has 17 heavy (non-hydrogen) atoms. The van der Waals surface area contributed by atoms with Gasteiger partial charge in [0.1, 0.15) is 5.82 Å². The van der Waals surface area contributed by atoms with Crippen LogP contribution in [0, 0.1) is 13.8 Å². The number of nitrogens with zero attached hydrogens (tertiary/aromatic N) is 3. The highest BCUT2D eigenvalue weighted by Gasteiger charge is 2.09. The van der Waals surface area contributed by atoms with Crippen LogP contribution in [0.1, 0.15) is 40.8 Å². The maximum Gasteiger partial charge on any atom is 0.134 e. The molecule has 1 atom stereocenters. The van der Waals surface area contributed by atoms with Crippen LogP contribution < -0.4 is 0 Å². The van der Waals surface area contributed by atoms with Gasteiger partial charge in [-0.1, -0.05) is 0 Å². The fourth-order valence-corrected chi connectivity index (χ4v) is 2.28. The van der Waals surface area contributed by atoms with Crippen LogP contribution in [0.25, 0.3) is 0 Å². The first-order valence-electron chi connectivity index (χ1n) is 5.47. The molecule has 0 saturated heterocycles. The van der Waals surface area contributed by atoms with Gasteiger partial charge in [0.15, 0.2) is 0 Å². The summed E-state index contributed by atoms with van der Waals surface area (Å²) in [6.07, 6.45) is 1.82. The molecule has 5 heteroatoms. The Morgan fingerprint density at radius 3 is 2.65 bits per heavy atom. The molecule has 0 spiro atoms. The number of aromatic nitrogens is 3. The van der Waals surface area contributed by atoms with E-state index in [2.05, 4.69) is 15.0 Å². The molecule has 0 bridgehead atoms. The normalized spacial score (nSPS) is 12.7. The lowest BCUT2D eigenvalue weighted by atomic mass is 10.1. The van der Waals surface area contributed by atoms with Crippen molar-refractivity contribution in [2.75, 3.05) is 0 Å². The highest BCUT2D eigenvalue weighted by molar-refractivity contribution is 7.09. The third-order valence-corrected chi connectivity index (χ3v) is 3.35. The Labute approximate surface area is 104 Å². The first-order valence-corrected chi connectivity index (χ1v) is 6.35. The van der Waals surface area contributed by atoms with Crippen LogP contribution in [0.4, 0.5) is 0 Å². The lowest BCUT2D eigenvalue weighted by Crippen LogP contribution is -2.04. The Balaban J connectivity index is 2.20. The van der Waals surface area contributed by atoms with Crippen molar-refractivity contribution in [3.8, 4) is 0 Å². The Hall–Kier alpha value is -1.33. The third-order valence-electron chi connectivity index (χ3n) is 2.52. The van der Waals surface area contributed by atoms with Gasteiger partial charge in [0.25, 0.3) is 0 Å². The molecule has 2 heterocycles. The van der Waals surface area contributed by atoms with E-state index in [1.807, 2.05) is 19.2 Å². The van der Waals surface area contributed by atoms with Gasteiger partial charge in [-0.2, -0.15) is 0 Å². The molecule has 0 unspecified atom stereocenters. The molecule has 0 aliphatic heterocycles. The molecule has 2 aromatic rings. The van der Waals surface area contributed by atoms with Gasteiger partial charge in [-0.3, -0.25) is 0 Å². The number of hydrogen-bond acceptors (Lipinski definition) is 5. The van der Waals surface area contributed by atoms with E-state index in [0.29, 0.717) is 6.42 Å². The molecular formula is C12H15N3OS. The second-order valence-corrected chi connectivity index (χ2v) is 5.10. The Morgan fingerprint density at radius 1 is 1.35 bits per heavy atom. The summed E-state index contributed by atoms with van der Waals surface area (Å²) >= 11 is 1.63. The van der Waals surface area contributed by atoms with Gasteiger partial charge in [-0.15, -0.1) is 11.3 Å². The summed E-state index contributed by atoms with van der Waals surface area (Å²) in [5.41, 5.74) is 2.61. The van der Waals surface area contributed by atoms with Crippen molar-refractivity contribution in [1.29, 1.82) is 0 Å². The average molecular weight is 249 g/mol. The molecule has 0 aromatic carbocycles. The highest BCUT2D eigenvalue weighted by Crippen LogP contribution is 2.16. The van der Waals surface area contributed by atoms with Crippen molar-refractivity contribution in [2.24, 2.45) is 0 Å². The van der Waals surface area contributed by atoms with Crippen LogP contribution in [0.3, 0.4) is 0 Å². The molecule has 0 aliphatic carbocycles. The first-order chi connectivity index (χ1) is 8.06. The zero-order valence-electron chi connectivity index (χ0n) is 10.1. The number of rotatable bonds is 3. The topological polar surface area (TPSA) is 58.9 Å². The summed E-state index contributed by atoms with van der Waals surface area (Å²) in [5.74, 6) is 0.747. The molecule has 0 fully saturated rings. The SMILES string of the molecule is Cc1nc(Cc2ncc([C@H](C)O)c(C)n2)cs1. The Morgan fingerprint density at radius 2 is 2.12 bits per heavy atom. The quantitative estimate of drug-likeness (QED) is 0.906. The van der Waals surface area contributed by atoms with E-state index in [9.17, 15) is 5.11 Å². The summed E-state index contributed by atoms with van der Waals surface area (Å²) in [6.45, 7) is 5.59. The number of hydrogen-bond donors (Lipinski definition) is 1. The Kier molecular flexibility index (Phi) is 3.49. The molecule has 0 radical (unpaired) electrons. The molecule has 2 rings (SSSR count). The number of thiazole rings is 1. The van der Waals surface area contributed by atoms with E-state index in [0.717, 1.165) is 27.8 Å². The van der Waals surface area contributed by atoms with Crippen LogP contribution in [-0.4, -0.2) is 20.1 Å². The molecule has 2 aromatic heterocycles. The lowest BCUT2D eigenvalue weighted by molar-refractivity contribution is 0.197. The second-order valence-electron chi connectivity index (χ2n) is 4.04. The van der Waals surface area contributed by atoms with E-state index in [-0.39, 0.29) is 0 Å². The van der Waals surface area contributed by atoms with Crippen LogP contribution in [-0.2, 0) is 6.42 Å². The van der Waals surface area contributed by atoms with Crippen LogP contribution in [0.5, 0.6) is 0 Å². The molecule has 90 valence electrons. The van der Waals surface area contributed by atoms with Crippen LogP contribution >= 0.6 is 11.3 Å². The van der Waals surface area contributed by atoms with Crippen molar-refractivity contribution >= 4 is 11.3 Å². The van der Waals surface area contributed by atoms with Gasteiger partial charge in [0.05, 0.1) is 23.2 Å². The molecule has 0 amide bonds. The van der Waals surface area contributed by atoms with E-state index in [4.69, 9.17) is 0 Å². The molecule has 0 aliphatic rings. The number of aliphatic hydroxyl groups excluding tert-OH is 1. The van der Waals surface area contributed by atoms with Crippen LogP contribution in [0.15, 0.2) is 11.6 Å². The van der Waals surface area contributed by atoms with Gasteiger partial charge in [0, 0.05) is 22.8 Å². The first kappa shape index (κ1) is 12.1. The maximum absolute atomic E-state index is 9.50. The van der Waals surface area contributed by atoms with Crippen molar-refractivity contribution in [2.45, 2.75) is 33.3 Å². The summed E-state index contributed by atoms with van der Waals surface area (Å²) in [4.78, 5) is 13.0. The minimum Gasteiger partial charge on any atom is -0.389 e. The maximum atomic E-state index is 9.50. The fraction of sp³-hybridized carbons (Fsp3) is 0.417. The lowest BCUT2D eigenvalue weighted by Gasteiger charge is -2.08. The molecule has 1 N–H and O–H groups in total. The fourth-order valence-electron chi connectivity index (χ4n) is 1.67. The van der Waals surface area contributed by atoms with Crippen LogP contribution in [0.2, 0.25) is 0 Å². The smallest absolute Gasteiger partial charge is 0.134 e. The highest BCUT2D eigenvalue weighted by atomic mass is 32.1. The van der Waals surface area contributed by atoms with E-state index in [1.165, 1.54) is 0 Å². The molecular weight excluding hydrogens is 234 g/mol. The number of aliphatic hydroxyl groups is 1. The van der Waals surface area contributed by atoms with Gasteiger partial charge in [-0.25, -0.2) is 15.0 Å². The monoisotopic (exact) mass is 249 g/mol. The second kappa shape index (κ2) is 4.89. The largest absolute Gasteiger partial charge is 0.389 e. The minimum absolute atomic E-state index is 0.523. The van der Waals surface area contributed by atoms with E-state index < -0.39 is 6.10 Å². The van der Waals surface area contributed by atoms with Gasteiger partial charge in [-0.05, 0) is 20.8 Å². The third kappa shape index (κ3) is 2.87. The predicted molar refractivity (Wildman–Crippen MR) is 67.1 cm³/mol. The van der Waals surface area contributed by atoms with E-state index >= 15 is 0 Å². The summed E-state index contributed by atoms with van der Waals surface area (Å²) in [5, 5.41) is 12.6. The molecule has 0 saturated carbocycles. The van der Waals surface area contributed by atoms with Gasteiger partial charge in [0.2, 0.25) is 0 Å². The van der Waals surface area contributed by atoms with Crippen molar-refractivity contribution in [3.05, 3.63) is 39.4 Å². The van der Waals surface area contributed by atoms with E-state index in [1.54, 1.807) is 24.5 Å². The molecule has 4 nitrogen and oxygen atoms in total. The van der Waals surface area contributed by atoms with Gasteiger partial charge >= 0.3 is 0 Å². The zero-order chi connectivity index (χ0) is 12.4. The van der Waals surface area contributed by atoms with Gasteiger partial charge < -0.3 is 5.11 Å². The van der Waals surface area contributed by atoms with Crippen molar-refractivity contribution in [3.63, 3.8) is 0 Å². The summed E-state index contributed by atoms with van der Waals surface area (Å²) < 4.78 is 0. The zero-order valence-corrected chi connectivity index (χ0v) is 11.0. The summed E-state index contributed by atoms with van der Waals surface area (Å²) in [6, 6.07) is 0. The minimum atomic E-state index is -0.523. The summed E-state index contributed by atoms with van der Waals surface area (Å²) in [7, 11) is 0.